The first-order valence-corrected chi connectivity index (χ1v) is 37.5. The standard InChI is InChI=1S/C56H35N3.C48H31N3/c1-3-12-40-32-43(26-22-36(40)10-1)55-46-15-5-6-16-47(46)56(44-27-23-37-11-2-4-13-41(37)33-44)49-34-42(28-29-48(49)55)38-20-24-39(25-21-38)51-17-9-19-54(58-51)59-52-18-8-7-14-45(52)50-35-57-31-30-53(50)59;1-3-12-34(13-4-1)47-38-17-7-8-18-39(38)48(35-14-5-2-6-15-35)41-30-36(26-27-40(41)47)32-22-24-33(25-23-32)43-19-11-21-46(50-43)51-44-20-10-9-16-37(44)42-31-49-29-28-45(42)51/h1-35H;1-31H. The van der Waals surface area contributed by atoms with E-state index >= 15 is 0 Å². The Kier molecular flexibility index (Phi) is 15.5. The van der Waals surface area contributed by atoms with Gasteiger partial charge in [0.15, 0.2) is 0 Å². The van der Waals surface area contributed by atoms with Gasteiger partial charge in [-0.2, -0.15) is 0 Å². The minimum absolute atomic E-state index is 0.883. The van der Waals surface area contributed by atoms with Crippen LogP contribution < -0.4 is 0 Å². The Bertz CT molecular complexity index is 7280. The first-order valence-electron chi connectivity index (χ1n) is 37.5. The van der Waals surface area contributed by atoms with Crippen LogP contribution in [0.5, 0.6) is 0 Å². The average molecular weight is 1400 g/mol. The van der Waals surface area contributed by atoms with Crippen molar-refractivity contribution in [3.63, 3.8) is 0 Å². The molecule has 0 radical (unpaired) electrons. The van der Waals surface area contributed by atoms with E-state index in [1.807, 2.05) is 24.8 Å². The van der Waals surface area contributed by atoms with Crippen LogP contribution in [0.2, 0.25) is 0 Å². The highest BCUT2D eigenvalue weighted by Gasteiger charge is 2.22. The molecular formula is C104H66N6. The minimum atomic E-state index is 0.883. The fraction of sp³-hybridized carbons (Fsp3) is 0. The predicted octanol–water partition coefficient (Wildman–Crippen LogP) is 27.4. The van der Waals surface area contributed by atoms with Crippen LogP contribution in [0.4, 0.5) is 0 Å². The number of pyridine rings is 4. The Morgan fingerprint density at radius 2 is 0.491 bits per heavy atom. The van der Waals surface area contributed by atoms with E-state index in [9.17, 15) is 0 Å². The molecule has 0 N–H and O–H groups in total. The molecule has 0 aliphatic carbocycles. The van der Waals surface area contributed by atoms with Crippen LogP contribution in [0.3, 0.4) is 0 Å². The summed E-state index contributed by atoms with van der Waals surface area (Å²) in [5, 5.41) is 19.5. The molecule has 0 saturated carbocycles. The van der Waals surface area contributed by atoms with Gasteiger partial charge in [0.05, 0.1) is 33.5 Å². The highest BCUT2D eigenvalue weighted by Crippen LogP contribution is 2.48. The summed E-state index contributed by atoms with van der Waals surface area (Å²) in [5.41, 5.74) is 23.1. The van der Waals surface area contributed by atoms with Crippen molar-refractivity contribution >= 4 is 108 Å². The van der Waals surface area contributed by atoms with E-state index in [2.05, 4.69) is 395 Å². The fourth-order valence-electron chi connectivity index (χ4n) is 17.1. The molecule has 0 fully saturated rings. The number of rotatable bonds is 10. The summed E-state index contributed by atoms with van der Waals surface area (Å²) in [6.45, 7) is 0. The molecule has 512 valence electrons. The summed E-state index contributed by atoms with van der Waals surface area (Å²) in [6, 6.07) is 136. The van der Waals surface area contributed by atoms with Crippen molar-refractivity contribution in [2.24, 2.45) is 0 Å². The predicted molar refractivity (Wildman–Crippen MR) is 461 cm³/mol. The van der Waals surface area contributed by atoms with Crippen LogP contribution in [0.1, 0.15) is 0 Å². The van der Waals surface area contributed by atoms with Gasteiger partial charge < -0.3 is 0 Å². The lowest BCUT2D eigenvalue weighted by Crippen LogP contribution is -1.98. The number of hydrogen-bond donors (Lipinski definition) is 0. The van der Waals surface area contributed by atoms with Gasteiger partial charge >= 0.3 is 0 Å². The first-order chi connectivity index (χ1) is 54.6. The molecule has 6 nitrogen and oxygen atoms in total. The van der Waals surface area contributed by atoms with E-state index in [-0.39, 0.29) is 0 Å². The third-order valence-electron chi connectivity index (χ3n) is 22.2. The summed E-state index contributed by atoms with van der Waals surface area (Å²) in [6.07, 6.45) is 7.59. The van der Waals surface area contributed by atoms with Gasteiger partial charge in [0.25, 0.3) is 0 Å². The van der Waals surface area contributed by atoms with Crippen molar-refractivity contribution in [1.29, 1.82) is 0 Å². The Morgan fingerprint density at radius 1 is 0.173 bits per heavy atom. The Hall–Kier alpha value is -14.7. The van der Waals surface area contributed by atoms with Gasteiger partial charge in [-0.25, -0.2) is 9.97 Å². The number of fused-ring (bicyclic) bond motifs is 12. The third-order valence-corrected chi connectivity index (χ3v) is 22.2. The van der Waals surface area contributed by atoms with Crippen molar-refractivity contribution in [3.8, 4) is 101 Å². The summed E-state index contributed by atoms with van der Waals surface area (Å²) in [7, 11) is 0. The van der Waals surface area contributed by atoms with Crippen molar-refractivity contribution in [2.45, 2.75) is 0 Å². The van der Waals surface area contributed by atoms with Gasteiger partial charge in [-0.15, -0.1) is 0 Å². The maximum absolute atomic E-state index is 5.22. The summed E-state index contributed by atoms with van der Waals surface area (Å²) in [4.78, 5) is 19.2. The molecule has 0 aliphatic heterocycles. The monoisotopic (exact) mass is 1400 g/mol. The smallest absolute Gasteiger partial charge is 0.138 e. The van der Waals surface area contributed by atoms with Gasteiger partial charge in [0.2, 0.25) is 0 Å². The van der Waals surface area contributed by atoms with E-state index in [4.69, 9.17) is 9.97 Å². The van der Waals surface area contributed by atoms with Gasteiger partial charge in [0, 0.05) is 57.5 Å². The topological polar surface area (TPSA) is 61.4 Å². The van der Waals surface area contributed by atoms with Crippen molar-refractivity contribution in [2.75, 3.05) is 0 Å². The van der Waals surface area contributed by atoms with E-state index in [0.717, 1.165) is 72.6 Å². The molecule has 0 aliphatic rings. The fourth-order valence-corrected chi connectivity index (χ4v) is 17.1. The van der Waals surface area contributed by atoms with E-state index in [1.54, 1.807) is 0 Å². The normalized spacial score (nSPS) is 11.6. The molecule has 0 saturated heterocycles. The van der Waals surface area contributed by atoms with Crippen LogP contribution in [0.25, 0.3) is 209 Å². The summed E-state index contributed by atoms with van der Waals surface area (Å²) in [5.74, 6) is 1.77. The van der Waals surface area contributed by atoms with Crippen LogP contribution in [-0.4, -0.2) is 29.1 Å². The molecule has 16 aromatic carbocycles. The van der Waals surface area contributed by atoms with Crippen LogP contribution in [0.15, 0.2) is 401 Å². The van der Waals surface area contributed by atoms with Gasteiger partial charge in [-0.3, -0.25) is 19.1 Å². The molecule has 0 unspecified atom stereocenters. The van der Waals surface area contributed by atoms with Crippen LogP contribution in [0, 0.1) is 0 Å². The average Bonchev–Trinajstić information content (AvgIpc) is 1.44. The molecule has 6 heteroatoms. The second-order valence-electron chi connectivity index (χ2n) is 28.4. The zero-order valence-corrected chi connectivity index (χ0v) is 59.8. The molecule has 6 aromatic heterocycles. The lowest BCUT2D eigenvalue weighted by atomic mass is 9.84. The molecule has 22 aromatic rings. The lowest BCUT2D eigenvalue weighted by Gasteiger charge is -2.19. The Balaban J connectivity index is 0.000000141. The third kappa shape index (κ3) is 11.0. The van der Waals surface area contributed by atoms with Gasteiger partial charge in [-0.1, -0.05) is 303 Å². The van der Waals surface area contributed by atoms with Crippen molar-refractivity contribution in [3.05, 3.63) is 401 Å². The number of para-hydroxylation sites is 2. The largest absolute Gasteiger partial charge is 0.294 e. The maximum atomic E-state index is 5.22. The summed E-state index contributed by atoms with van der Waals surface area (Å²) >= 11 is 0. The SMILES string of the molecule is c1cc(-c2ccc(-c3ccc4c(-c5ccc6ccccc6c5)c5ccccc5c(-c5ccc6ccccc6c5)c4c3)cc2)nc(-n2c3ccccc3c3cnccc32)c1.c1ccc(-c2c3ccccc3c(-c3ccccc3)c3cc(-c4ccc(-c5cccc(-n6c7ccccc7c7cnccc76)n5)cc4)ccc23)cc1. The second kappa shape index (κ2) is 26.7. The number of aromatic nitrogens is 6. The van der Waals surface area contributed by atoms with Gasteiger partial charge in [-0.05, 0) is 204 Å². The molecule has 22 rings (SSSR count). The molecule has 0 amide bonds. The quantitative estimate of drug-likeness (QED) is 0.128. The van der Waals surface area contributed by atoms with Crippen LogP contribution in [-0.2, 0) is 0 Å². The van der Waals surface area contributed by atoms with E-state index < -0.39 is 0 Å². The number of hydrogen-bond acceptors (Lipinski definition) is 4. The molecule has 0 bridgehead atoms. The molecule has 0 spiro atoms. The number of benzene rings is 16. The van der Waals surface area contributed by atoms with E-state index in [1.165, 1.54) is 137 Å². The molecular weight excluding hydrogens is 1330 g/mol. The van der Waals surface area contributed by atoms with E-state index in [0.29, 0.717) is 0 Å². The number of nitrogens with zero attached hydrogens (tertiary/aromatic N) is 6. The molecule has 6 heterocycles. The van der Waals surface area contributed by atoms with Gasteiger partial charge in [0.1, 0.15) is 11.6 Å². The second-order valence-corrected chi connectivity index (χ2v) is 28.4. The Morgan fingerprint density at radius 3 is 0.927 bits per heavy atom. The zero-order chi connectivity index (χ0) is 72.6. The van der Waals surface area contributed by atoms with Crippen molar-refractivity contribution in [1.82, 2.24) is 29.1 Å². The minimum Gasteiger partial charge on any atom is -0.294 e. The maximum Gasteiger partial charge on any atom is 0.138 e. The first kappa shape index (κ1) is 63.7. The highest BCUT2D eigenvalue weighted by molar-refractivity contribution is 6.24. The molecule has 110 heavy (non-hydrogen) atoms. The highest BCUT2D eigenvalue weighted by atomic mass is 15.1. The Labute approximate surface area is 635 Å². The van der Waals surface area contributed by atoms with Crippen molar-refractivity contribution < 1.29 is 0 Å². The molecule has 0 atom stereocenters. The summed E-state index contributed by atoms with van der Waals surface area (Å²) < 4.78 is 4.47. The van der Waals surface area contributed by atoms with Crippen LogP contribution >= 0.6 is 0 Å². The zero-order valence-electron chi connectivity index (χ0n) is 59.8. The lowest BCUT2D eigenvalue weighted by molar-refractivity contribution is 1.08.